The van der Waals surface area contributed by atoms with Crippen molar-refractivity contribution in [2.45, 2.75) is 13.0 Å². The summed E-state index contributed by atoms with van der Waals surface area (Å²) in [5.74, 6) is 0.263. The first-order chi connectivity index (χ1) is 9.97. The minimum Gasteiger partial charge on any atom is -0.483 e. The van der Waals surface area contributed by atoms with Crippen LogP contribution in [-0.2, 0) is 0 Å². The van der Waals surface area contributed by atoms with Crippen molar-refractivity contribution in [2.24, 2.45) is 0 Å². The van der Waals surface area contributed by atoms with Crippen molar-refractivity contribution in [3.63, 3.8) is 0 Å². The fraction of sp³-hybridized carbons (Fsp3) is 0.133. The lowest BCUT2D eigenvalue weighted by Crippen LogP contribution is -2.23. The number of benzene rings is 2. The van der Waals surface area contributed by atoms with Gasteiger partial charge in [0.2, 0.25) is 5.78 Å². The maximum Gasteiger partial charge on any atom is 0.269 e. The number of ether oxygens (including phenoxy) is 1. The maximum atomic E-state index is 12.2. The van der Waals surface area contributed by atoms with E-state index in [9.17, 15) is 14.9 Å². The molecule has 0 N–H and O–H groups in total. The number of carbonyl (C=O) groups is 1. The molecular formula is C15H12BrNO4. The molecule has 1 unspecified atom stereocenters. The molecule has 0 heterocycles. The van der Waals surface area contributed by atoms with Crippen LogP contribution in [0.4, 0.5) is 5.69 Å². The lowest BCUT2D eigenvalue weighted by atomic mass is 10.1. The summed E-state index contributed by atoms with van der Waals surface area (Å²) in [5, 5.41) is 10.6. The summed E-state index contributed by atoms with van der Waals surface area (Å²) in [6.07, 6.45) is -0.673. The van der Waals surface area contributed by atoms with Crippen LogP contribution in [-0.4, -0.2) is 16.8 Å². The smallest absolute Gasteiger partial charge is 0.269 e. The number of nitrogens with zero attached hydrogens (tertiary/aromatic N) is 1. The molecule has 0 bridgehead atoms. The Kier molecular flexibility index (Phi) is 4.70. The van der Waals surface area contributed by atoms with Crippen molar-refractivity contribution in [3.8, 4) is 5.75 Å². The predicted octanol–water partition coefficient (Wildman–Crippen LogP) is 4.01. The number of ketones is 1. The molecule has 0 saturated carbocycles. The molecule has 21 heavy (non-hydrogen) atoms. The summed E-state index contributed by atoms with van der Waals surface area (Å²) in [4.78, 5) is 22.3. The minimum absolute atomic E-state index is 0.0192. The molecule has 0 radical (unpaired) electrons. The van der Waals surface area contributed by atoms with Gasteiger partial charge in [0.25, 0.3) is 5.69 Å². The zero-order chi connectivity index (χ0) is 15.4. The standard InChI is InChI=1S/C15H12BrNO4/c1-10(15(18)11-2-4-12(16)5-3-11)21-14-8-6-13(7-9-14)17(19)20/h2-10H,1H3. The van der Waals surface area contributed by atoms with Crippen molar-refractivity contribution in [2.75, 3.05) is 0 Å². The molecule has 0 saturated heterocycles. The molecule has 1 atom stereocenters. The molecule has 2 aromatic carbocycles. The van der Waals surface area contributed by atoms with Crippen LogP contribution in [0.3, 0.4) is 0 Å². The average Bonchev–Trinajstić information content (AvgIpc) is 2.47. The van der Waals surface area contributed by atoms with Gasteiger partial charge in [0, 0.05) is 22.2 Å². The SMILES string of the molecule is CC(Oc1ccc([N+](=O)[O-])cc1)C(=O)c1ccc(Br)cc1. The molecule has 6 heteroatoms. The molecule has 0 aliphatic carbocycles. The highest BCUT2D eigenvalue weighted by atomic mass is 79.9. The Hall–Kier alpha value is -2.21. The summed E-state index contributed by atoms with van der Waals surface area (Å²) in [5.41, 5.74) is 0.529. The third-order valence-electron chi connectivity index (χ3n) is 2.86. The summed E-state index contributed by atoms with van der Waals surface area (Å²) in [6, 6.07) is 12.6. The van der Waals surface area contributed by atoms with Gasteiger partial charge in [-0.05, 0) is 31.2 Å². The Labute approximate surface area is 129 Å². The number of nitro benzene ring substituents is 1. The summed E-state index contributed by atoms with van der Waals surface area (Å²) in [7, 11) is 0. The fourth-order valence-corrected chi connectivity index (χ4v) is 2.02. The number of non-ortho nitro benzene ring substituents is 1. The number of hydrogen-bond acceptors (Lipinski definition) is 4. The molecule has 5 nitrogen and oxygen atoms in total. The van der Waals surface area contributed by atoms with Crippen molar-refractivity contribution >= 4 is 27.4 Å². The summed E-state index contributed by atoms with van der Waals surface area (Å²) in [6.45, 7) is 1.64. The Morgan fingerprint density at radius 3 is 2.24 bits per heavy atom. The van der Waals surface area contributed by atoms with Gasteiger partial charge in [-0.3, -0.25) is 14.9 Å². The molecule has 0 aliphatic heterocycles. The van der Waals surface area contributed by atoms with E-state index in [2.05, 4.69) is 15.9 Å². The van der Waals surface area contributed by atoms with E-state index in [0.717, 1.165) is 4.47 Å². The highest BCUT2D eigenvalue weighted by Crippen LogP contribution is 2.20. The second-order valence-electron chi connectivity index (χ2n) is 4.38. The van der Waals surface area contributed by atoms with Crippen molar-refractivity contribution in [1.82, 2.24) is 0 Å². The van der Waals surface area contributed by atoms with Gasteiger partial charge in [0.05, 0.1) is 4.92 Å². The van der Waals surface area contributed by atoms with E-state index >= 15 is 0 Å². The highest BCUT2D eigenvalue weighted by molar-refractivity contribution is 9.10. The van der Waals surface area contributed by atoms with Crippen LogP contribution in [0.15, 0.2) is 53.0 Å². The highest BCUT2D eigenvalue weighted by Gasteiger charge is 2.17. The van der Waals surface area contributed by atoms with Gasteiger partial charge in [0.15, 0.2) is 6.10 Å². The predicted molar refractivity (Wildman–Crippen MR) is 81.7 cm³/mol. The van der Waals surface area contributed by atoms with E-state index in [1.165, 1.54) is 24.3 Å². The van der Waals surface area contributed by atoms with Crippen molar-refractivity contribution in [3.05, 3.63) is 68.7 Å². The molecule has 2 rings (SSSR count). The van der Waals surface area contributed by atoms with Gasteiger partial charge in [0.1, 0.15) is 5.75 Å². The van der Waals surface area contributed by atoms with Gasteiger partial charge in [-0.15, -0.1) is 0 Å². The molecule has 0 aromatic heterocycles. The minimum atomic E-state index is -0.673. The second kappa shape index (κ2) is 6.49. The van der Waals surface area contributed by atoms with Gasteiger partial charge in [-0.25, -0.2) is 0 Å². The number of Topliss-reactive ketones (excluding diaryl/α,β-unsaturated/α-hetero) is 1. The number of carbonyl (C=O) groups excluding carboxylic acids is 1. The first-order valence-corrected chi connectivity index (χ1v) is 6.97. The van der Waals surface area contributed by atoms with Crippen LogP contribution in [0, 0.1) is 10.1 Å². The van der Waals surface area contributed by atoms with Crippen LogP contribution >= 0.6 is 15.9 Å². The second-order valence-corrected chi connectivity index (χ2v) is 5.30. The van der Waals surface area contributed by atoms with E-state index in [1.54, 1.807) is 31.2 Å². The Morgan fingerprint density at radius 2 is 1.71 bits per heavy atom. The first-order valence-electron chi connectivity index (χ1n) is 6.18. The molecule has 0 fully saturated rings. The molecule has 108 valence electrons. The maximum absolute atomic E-state index is 12.2. The molecule has 0 aliphatic rings. The number of rotatable bonds is 5. The molecule has 2 aromatic rings. The fourth-order valence-electron chi connectivity index (χ4n) is 1.75. The van der Waals surface area contributed by atoms with Crippen molar-refractivity contribution < 1.29 is 14.5 Å². The lowest BCUT2D eigenvalue weighted by molar-refractivity contribution is -0.384. The molecule has 0 amide bonds. The molecular weight excluding hydrogens is 338 g/mol. The third kappa shape index (κ3) is 3.88. The Bertz CT molecular complexity index is 652. The largest absolute Gasteiger partial charge is 0.483 e. The van der Waals surface area contributed by atoms with Crippen molar-refractivity contribution in [1.29, 1.82) is 0 Å². The van der Waals surface area contributed by atoms with Gasteiger partial charge < -0.3 is 4.74 Å². The third-order valence-corrected chi connectivity index (χ3v) is 3.39. The van der Waals surface area contributed by atoms with E-state index in [4.69, 9.17) is 4.74 Å². The van der Waals surface area contributed by atoms with E-state index in [1.807, 2.05) is 0 Å². The number of nitro groups is 1. The van der Waals surface area contributed by atoms with Crippen LogP contribution in [0.1, 0.15) is 17.3 Å². The monoisotopic (exact) mass is 349 g/mol. The first kappa shape index (κ1) is 15.2. The van der Waals surface area contributed by atoms with Gasteiger partial charge in [-0.1, -0.05) is 28.1 Å². The topological polar surface area (TPSA) is 69.4 Å². The Morgan fingerprint density at radius 1 is 1.14 bits per heavy atom. The van der Waals surface area contributed by atoms with Gasteiger partial charge >= 0.3 is 0 Å². The average molecular weight is 350 g/mol. The normalized spacial score (nSPS) is 11.7. The lowest BCUT2D eigenvalue weighted by Gasteiger charge is -2.13. The number of hydrogen-bond donors (Lipinski definition) is 0. The zero-order valence-corrected chi connectivity index (χ0v) is 12.7. The molecule has 0 spiro atoms. The van der Waals surface area contributed by atoms with Crippen LogP contribution in [0.5, 0.6) is 5.75 Å². The van der Waals surface area contributed by atoms with E-state index in [0.29, 0.717) is 11.3 Å². The van der Waals surface area contributed by atoms with Crippen LogP contribution in [0.2, 0.25) is 0 Å². The number of halogens is 1. The zero-order valence-electron chi connectivity index (χ0n) is 11.2. The van der Waals surface area contributed by atoms with Gasteiger partial charge in [-0.2, -0.15) is 0 Å². The summed E-state index contributed by atoms with van der Waals surface area (Å²) >= 11 is 3.31. The summed E-state index contributed by atoms with van der Waals surface area (Å²) < 4.78 is 6.40. The van der Waals surface area contributed by atoms with Crippen LogP contribution in [0.25, 0.3) is 0 Å². The van der Waals surface area contributed by atoms with Crippen LogP contribution < -0.4 is 4.74 Å². The Balaban J connectivity index is 2.06. The van der Waals surface area contributed by atoms with E-state index in [-0.39, 0.29) is 11.5 Å². The van der Waals surface area contributed by atoms with E-state index < -0.39 is 11.0 Å². The quantitative estimate of drug-likeness (QED) is 0.464.